The van der Waals surface area contributed by atoms with Crippen molar-refractivity contribution >= 4 is 34.9 Å². The van der Waals surface area contributed by atoms with E-state index in [1.165, 1.54) is 18.2 Å². The van der Waals surface area contributed by atoms with Crippen LogP contribution in [0.5, 0.6) is 0 Å². The quantitative estimate of drug-likeness (QED) is 0.548. The number of nitrogens with one attached hydrogen (secondary N) is 1. The lowest BCUT2D eigenvalue weighted by Gasteiger charge is -2.31. The van der Waals surface area contributed by atoms with Crippen molar-refractivity contribution < 1.29 is 9.18 Å². The molecule has 0 aliphatic carbocycles. The molecule has 144 valence electrons. The van der Waals surface area contributed by atoms with Crippen molar-refractivity contribution in [1.82, 2.24) is 9.47 Å². The molecular formula is C21H18Cl2FN3O. The van der Waals surface area contributed by atoms with E-state index >= 15 is 0 Å². The van der Waals surface area contributed by atoms with Gasteiger partial charge in [-0.2, -0.15) is 0 Å². The Morgan fingerprint density at radius 3 is 2.64 bits per heavy atom. The van der Waals surface area contributed by atoms with E-state index in [9.17, 15) is 9.18 Å². The van der Waals surface area contributed by atoms with Gasteiger partial charge in [0.25, 0.3) is 0 Å². The molecule has 4 rings (SSSR count). The van der Waals surface area contributed by atoms with Crippen molar-refractivity contribution in [1.29, 1.82) is 0 Å². The van der Waals surface area contributed by atoms with Crippen LogP contribution in [-0.4, -0.2) is 22.0 Å². The summed E-state index contributed by atoms with van der Waals surface area (Å²) in [7, 11) is 0. The fraction of sp³-hybridized carbons (Fsp3) is 0.190. The van der Waals surface area contributed by atoms with Gasteiger partial charge < -0.3 is 14.8 Å². The molecule has 2 aromatic carbocycles. The average molecular weight is 418 g/mol. The third kappa shape index (κ3) is 3.60. The minimum absolute atomic E-state index is 0.0369. The Labute approximate surface area is 172 Å². The average Bonchev–Trinajstić information content (AvgIpc) is 3.06. The van der Waals surface area contributed by atoms with E-state index < -0.39 is 5.82 Å². The maximum atomic E-state index is 13.4. The third-order valence-electron chi connectivity index (χ3n) is 4.89. The van der Waals surface area contributed by atoms with Crippen LogP contribution in [0.1, 0.15) is 23.7 Å². The van der Waals surface area contributed by atoms with E-state index in [1.54, 1.807) is 4.90 Å². The number of aryl methyl sites for hydroxylation is 1. The summed E-state index contributed by atoms with van der Waals surface area (Å²) in [4.78, 5) is 14.9. The largest absolute Gasteiger partial charge is 0.349 e. The number of aromatic nitrogens is 1. The molecule has 3 aromatic rings. The van der Waals surface area contributed by atoms with E-state index in [0.717, 1.165) is 24.2 Å². The van der Waals surface area contributed by atoms with Crippen LogP contribution in [-0.2, 0) is 6.54 Å². The van der Waals surface area contributed by atoms with Crippen molar-refractivity contribution in [3.8, 4) is 0 Å². The predicted molar refractivity (Wildman–Crippen MR) is 109 cm³/mol. The van der Waals surface area contributed by atoms with Crippen LogP contribution in [0.3, 0.4) is 0 Å². The first-order valence-corrected chi connectivity index (χ1v) is 9.72. The van der Waals surface area contributed by atoms with E-state index in [1.807, 2.05) is 42.6 Å². The summed E-state index contributed by atoms with van der Waals surface area (Å²) in [6.07, 6.45) is 2.82. The van der Waals surface area contributed by atoms with Crippen LogP contribution in [0.25, 0.3) is 0 Å². The lowest BCUT2D eigenvalue weighted by atomic mass is 10.0. The first kappa shape index (κ1) is 18.8. The second-order valence-electron chi connectivity index (χ2n) is 6.66. The summed E-state index contributed by atoms with van der Waals surface area (Å²) in [5.74, 6) is -0.527. The number of benzene rings is 2. The van der Waals surface area contributed by atoms with Crippen LogP contribution in [0.2, 0.25) is 10.0 Å². The zero-order valence-corrected chi connectivity index (χ0v) is 16.4. The Morgan fingerprint density at radius 2 is 1.86 bits per heavy atom. The molecule has 0 radical (unpaired) electrons. The van der Waals surface area contributed by atoms with Gasteiger partial charge in [-0.1, -0.05) is 41.4 Å². The highest BCUT2D eigenvalue weighted by Crippen LogP contribution is 2.36. The van der Waals surface area contributed by atoms with Crippen LogP contribution in [0.15, 0.2) is 60.8 Å². The van der Waals surface area contributed by atoms with E-state index in [-0.39, 0.29) is 17.1 Å². The van der Waals surface area contributed by atoms with Gasteiger partial charge in [-0.05, 0) is 48.4 Å². The number of hydrogen-bond donors (Lipinski definition) is 1. The van der Waals surface area contributed by atoms with Gasteiger partial charge in [0.1, 0.15) is 11.9 Å². The summed E-state index contributed by atoms with van der Waals surface area (Å²) in [5, 5.41) is 3.40. The van der Waals surface area contributed by atoms with Gasteiger partial charge in [-0.25, -0.2) is 9.18 Å². The summed E-state index contributed by atoms with van der Waals surface area (Å²) in [6.45, 7) is 1.37. The summed E-state index contributed by atoms with van der Waals surface area (Å²) in [6, 6.07) is 15.0. The van der Waals surface area contributed by atoms with E-state index in [4.69, 9.17) is 23.2 Å². The summed E-state index contributed by atoms with van der Waals surface area (Å²) >= 11 is 12.3. The fourth-order valence-corrected chi connectivity index (χ4v) is 4.01. The number of nitrogens with zero attached hydrogens (tertiary/aromatic N) is 2. The SMILES string of the molecule is O=C(Nc1ccc(F)c(Cl)c1)N1CCCn2cccc2C1c1ccccc1Cl. The second-order valence-corrected chi connectivity index (χ2v) is 7.47. The Balaban J connectivity index is 1.72. The van der Waals surface area contributed by atoms with Gasteiger partial charge in [0.05, 0.1) is 5.02 Å². The maximum absolute atomic E-state index is 13.4. The van der Waals surface area contributed by atoms with Crippen LogP contribution >= 0.6 is 23.2 Å². The number of rotatable bonds is 2. The molecule has 2 amide bonds. The van der Waals surface area contributed by atoms with Crippen molar-refractivity contribution in [3.05, 3.63) is 87.9 Å². The molecule has 1 aromatic heterocycles. The molecule has 1 unspecified atom stereocenters. The van der Waals surface area contributed by atoms with Gasteiger partial charge in [0.2, 0.25) is 0 Å². The Kier molecular flexibility index (Phi) is 5.29. The van der Waals surface area contributed by atoms with Crippen molar-refractivity contribution in [3.63, 3.8) is 0 Å². The molecule has 1 atom stereocenters. The molecule has 1 N–H and O–H groups in total. The van der Waals surface area contributed by atoms with Crippen molar-refractivity contribution in [2.24, 2.45) is 0 Å². The van der Waals surface area contributed by atoms with Gasteiger partial charge in [-0.3, -0.25) is 0 Å². The standard InChI is InChI=1S/C21H18Cl2FN3O/c22-16-6-2-1-5-15(16)20-19-7-3-10-26(19)11-4-12-27(20)21(28)25-14-8-9-18(24)17(23)13-14/h1-3,5-10,13,20H,4,11-12H2,(H,25,28). The molecule has 28 heavy (non-hydrogen) atoms. The number of halogens is 3. The lowest BCUT2D eigenvalue weighted by Crippen LogP contribution is -2.39. The van der Waals surface area contributed by atoms with Crippen LogP contribution in [0, 0.1) is 5.82 Å². The minimum Gasteiger partial charge on any atom is -0.349 e. The minimum atomic E-state index is -0.527. The number of fused-ring (bicyclic) bond motifs is 1. The van der Waals surface area contributed by atoms with Crippen molar-refractivity contribution in [2.45, 2.75) is 19.0 Å². The van der Waals surface area contributed by atoms with E-state index in [2.05, 4.69) is 9.88 Å². The van der Waals surface area contributed by atoms with Gasteiger partial charge in [-0.15, -0.1) is 0 Å². The molecule has 0 fully saturated rings. The molecular weight excluding hydrogens is 400 g/mol. The number of urea groups is 1. The van der Waals surface area contributed by atoms with Gasteiger partial charge in [0, 0.05) is 35.7 Å². The molecule has 2 heterocycles. The Hall–Kier alpha value is -2.50. The maximum Gasteiger partial charge on any atom is 0.322 e. The number of carbonyl (C=O) groups excluding carboxylic acids is 1. The molecule has 0 saturated heterocycles. The highest BCUT2D eigenvalue weighted by molar-refractivity contribution is 6.31. The predicted octanol–water partition coefficient (Wildman–Crippen LogP) is 5.96. The van der Waals surface area contributed by atoms with Crippen LogP contribution < -0.4 is 5.32 Å². The number of carbonyl (C=O) groups is 1. The van der Waals surface area contributed by atoms with E-state index in [0.29, 0.717) is 17.3 Å². The first-order valence-electron chi connectivity index (χ1n) is 8.97. The van der Waals surface area contributed by atoms with Crippen molar-refractivity contribution in [2.75, 3.05) is 11.9 Å². The molecule has 0 saturated carbocycles. The summed E-state index contributed by atoms with van der Waals surface area (Å²) < 4.78 is 15.6. The highest BCUT2D eigenvalue weighted by Gasteiger charge is 2.32. The Bertz CT molecular complexity index is 1020. The fourth-order valence-electron chi connectivity index (χ4n) is 3.59. The topological polar surface area (TPSA) is 37.3 Å². The molecule has 4 nitrogen and oxygen atoms in total. The number of amides is 2. The molecule has 1 aliphatic heterocycles. The lowest BCUT2D eigenvalue weighted by molar-refractivity contribution is 0.199. The van der Waals surface area contributed by atoms with Crippen LogP contribution in [0.4, 0.5) is 14.9 Å². The Morgan fingerprint density at radius 1 is 1.04 bits per heavy atom. The first-order chi connectivity index (χ1) is 13.5. The zero-order valence-electron chi connectivity index (χ0n) is 14.9. The number of anilines is 1. The van der Waals surface area contributed by atoms with Gasteiger partial charge in [0.15, 0.2) is 0 Å². The third-order valence-corrected chi connectivity index (χ3v) is 5.52. The summed E-state index contributed by atoms with van der Waals surface area (Å²) in [5.41, 5.74) is 2.30. The molecule has 0 spiro atoms. The monoisotopic (exact) mass is 417 g/mol. The molecule has 1 aliphatic rings. The highest BCUT2D eigenvalue weighted by atomic mass is 35.5. The smallest absolute Gasteiger partial charge is 0.322 e. The zero-order chi connectivity index (χ0) is 19.7. The normalized spacial score (nSPS) is 16.4. The van der Waals surface area contributed by atoms with Gasteiger partial charge >= 0.3 is 6.03 Å². The molecule has 0 bridgehead atoms. The second kappa shape index (κ2) is 7.86. The molecule has 7 heteroatoms. The number of hydrogen-bond acceptors (Lipinski definition) is 1.